The lowest BCUT2D eigenvalue weighted by atomic mass is 10.1. The van der Waals surface area contributed by atoms with Gasteiger partial charge in [-0.2, -0.15) is 0 Å². The molecule has 2 rings (SSSR count). The lowest BCUT2D eigenvalue weighted by Crippen LogP contribution is -2.29. The second-order valence-corrected chi connectivity index (χ2v) is 5.89. The Morgan fingerprint density at radius 1 is 1.44 bits per heavy atom. The molecule has 1 heterocycles. The molecule has 0 spiro atoms. The van der Waals surface area contributed by atoms with Crippen LogP contribution in [-0.4, -0.2) is 29.2 Å². The van der Waals surface area contributed by atoms with E-state index in [-0.39, 0.29) is 0 Å². The Morgan fingerprint density at radius 2 is 2.28 bits per heavy atom. The number of aliphatic hydroxyl groups excluding tert-OH is 1. The molecular weight excluding hydrogens is 292 g/mol. The minimum Gasteiger partial charge on any atom is -0.398 e. The second-order valence-electron chi connectivity index (χ2n) is 4.98. The number of hydrogen-bond donors (Lipinski definition) is 2. The third kappa shape index (κ3) is 3.46. The number of nitrogens with zero attached hydrogens (tertiary/aromatic N) is 1. The molecule has 0 saturated carbocycles. The minimum absolute atomic E-state index is 0.296. The van der Waals surface area contributed by atoms with Gasteiger partial charge in [-0.15, -0.1) is 0 Å². The van der Waals surface area contributed by atoms with Gasteiger partial charge in [0.2, 0.25) is 0 Å². The number of nitrogen functional groups attached to an aromatic ring is 1. The summed E-state index contributed by atoms with van der Waals surface area (Å²) in [5.41, 5.74) is 8.11. The zero-order valence-corrected chi connectivity index (χ0v) is 12.2. The van der Waals surface area contributed by atoms with Crippen LogP contribution in [0.4, 0.5) is 5.69 Å². The van der Waals surface area contributed by atoms with Gasteiger partial charge in [0.25, 0.3) is 0 Å². The van der Waals surface area contributed by atoms with Crippen molar-refractivity contribution in [3.8, 4) is 0 Å². The summed E-state index contributed by atoms with van der Waals surface area (Å²) in [6, 6.07) is 6.72. The van der Waals surface area contributed by atoms with Crippen molar-refractivity contribution < 1.29 is 5.11 Å². The van der Waals surface area contributed by atoms with Crippen LogP contribution >= 0.6 is 15.9 Å². The van der Waals surface area contributed by atoms with Gasteiger partial charge in [0, 0.05) is 29.4 Å². The van der Waals surface area contributed by atoms with Gasteiger partial charge < -0.3 is 10.8 Å². The topological polar surface area (TPSA) is 49.5 Å². The average Bonchev–Trinajstić information content (AvgIpc) is 2.77. The van der Waals surface area contributed by atoms with E-state index in [0.29, 0.717) is 12.6 Å². The van der Waals surface area contributed by atoms with Crippen molar-refractivity contribution in [3.63, 3.8) is 0 Å². The fraction of sp³-hybridized carbons (Fsp3) is 0.571. The Hall–Kier alpha value is -0.580. The number of halogens is 1. The minimum atomic E-state index is 0.296. The van der Waals surface area contributed by atoms with Crippen molar-refractivity contribution >= 4 is 21.6 Å². The summed E-state index contributed by atoms with van der Waals surface area (Å²) in [6.07, 6.45) is 4.49. The van der Waals surface area contributed by atoms with Crippen LogP contribution in [0.5, 0.6) is 0 Å². The molecule has 100 valence electrons. The number of hydrogen-bond acceptors (Lipinski definition) is 3. The van der Waals surface area contributed by atoms with E-state index in [4.69, 9.17) is 10.8 Å². The number of rotatable bonds is 5. The van der Waals surface area contributed by atoms with Crippen molar-refractivity contribution in [3.05, 3.63) is 28.2 Å². The molecule has 3 nitrogen and oxygen atoms in total. The third-order valence-electron chi connectivity index (χ3n) is 3.68. The van der Waals surface area contributed by atoms with Gasteiger partial charge >= 0.3 is 0 Å². The van der Waals surface area contributed by atoms with Crippen LogP contribution in [0.25, 0.3) is 0 Å². The standard InChI is InChI=1S/C14H21BrN2O/c15-12-6-5-11(14(16)9-12)10-17-7-1-3-13(17)4-2-8-18/h5-6,9,13,18H,1-4,7-8,10,16H2. The summed E-state index contributed by atoms with van der Waals surface area (Å²) >= 11 is 3.43. The first-order valence-electron chi connectivity index (χ1n) is 6.59. The molecule has 0 bridgehead atoms. The van der Waals surface area contributed by atoms with Crippen molar-refractivity contribution in [2.75, 3.05) is 18.9 Å². The molecule has 4 heteroatoms. The summed E-state index contributed by atoms with van der Waals surface area (Å²) in [5.74, 6) is 0. The maximum Gasteiger partial charge on any atom is 0.0431 e. The SMILES string of the molecule is Nc1cc(Br)ccc1CN1CCCC1CCCO. The van der Waals surface area contributed by atoms with Crippen LogP contribution in [-0.2, 0) is 6.54 Å². The van der Waals surface area contributed by atoms with Crippen LogP contribution in [0.15, 0.2) is 22.7 Å². The quantitative estimate of drug-likeness (QED) is 0.822. The van der Waals surface area contributed by atoms with E-state index in [1.54, 1.807) is 0 Å². The van der Waals surface area contributed by atoms with E-state index in [0.717, 1.165) is 36.1 Å². The summed E-state index contributed by atoms with van der Waals surface area (Å²) < 4.78 is 1.03. The molecule has 1 aliphatic rings. The number of likely N-dealkylation sites (tertiary alicyclic amines) is 1. The van der Waals surface area contributed by atoms with Crippen molar-refractivity contribution in [2.45, 2.75) is 38.3 Å². The van der Waals surface area contributed by atoms with E-state index >= 15 is 0 Å². The molecule has 0 aliphatic carbocycles. The first-order chi connectivity index (χ1) is 8.70. The van der Waals surface area contributed by atoms with Crippen LogP contribution in [0, 0.1) is 0 Å². The molecule has 1 atom stereocenters. The van der Waals surface area contributed by atoms with Crippen LogP contribution in [0.3, 0.4) is 0 Å². The first-order valence-corrected chi connectivity index (χ1v) is 7.39. The second kappa shape index (κ2) is 6.55. The van der Waals surface area contributed by atoms with Crippen LogP contribution < -0.4 is 5.73 Å². The molecular formula is C14H21BrN2O. The van der Waals surface area contributed by atoms with Crippen molar-refractivity contribution in [1.82, 2.24) is 4.90 Å². The van der Waals surface area contributed by atoms with Crippen molar-refractivity contribution in [1.29, 1.82) is 0 Å². The zero-order valence-electron chi connectivity index (χ0n) is 10.6. The molecule has 1 fully saturated rings. The number of nitrogens with two attached hydrogens (primary N) is 1. The van der Waals surface area contributed by atoms with Gasteiger partial charge in [-0.25, -0.2) is 0 Å². The van der Waals surface area contributed by atoms with Gasteiger partial charge in [-0.3, -0.25) is 4.90 Å². The largest absolute Gasteiger partial charge is 0.398 e. The van der Waals surface area contributed by atoms with E-state index < -0.39 is 0 Å². The lowest BCUT2D eigenvalue weighted by Gasteiger charge is -2.25. The van der Waals surface area contributed by atoms with E-state index in [9.17, 15) is 0 Å². The predicted octanol–water partition coefficient (Wildman–Crippen LogP) is 2.77. The molecule has 1 aromatic carbocycles. The average molecular weight is 313 g/mol. The monoisotopic (exact) mass is 312 g/mol. The summed E-state index contributed by atoms with van der Waals surface area (Å²) in [5, 5.41) is 8.93. The Balaban J connectivity index is 1.99. The molecule has 0 aromatic heterocycles. The smallest absolute Gasteiger partial charge is 0.0431 e. The van der Waals surface area contributed by atoms with Gasteiger partial charge in [-0.05, 0) is 49.9 Å². The van der Waals surface area contributed by atoms with Gasteiger partial charge in [0.05, 0.1) is 0 Å². The third-order valence-corrected chi connectivity index (χ3v) is 4.17. The number of aliphatic hydroxyl groups is 1. The van der Waals surface area contributed by atoms with Gasteiger partial charge in [0.15, 0.2) is 0 Å². The Bertz CT molecular complexity index is 397. The predicted molar refractivity (Wildman–Crippen MR) is 78.3 cm³/mol. The van der Waals surface area contributed by atoms with Gasteiger partial charge in [-0.1, -0.05) is 22.0 Å². The molecule has 1 unspecified atom stereocenters. The molecule has 18 heavy (non-hydrogen) atoms. The molecule has 0 radical (unpaired) electrons. The Labute approximate surface area is 117 Å². The molecule has 1 saturated heterocycles. The summed E-state index contributed by atoms with van der Waals surface area (Å²) in [7, 11) is 0. The van der Waals surface area contributed by atoms with E-state index in [1.807, 2.05) is 12.1 Å². The highest BCUT2D eigenvalue weighted by Gasteiger charge is 2.24. The van der Waals surface area contributed by atoms with E-state index in [2.05, 4.69) is 26.9 Å². The molecule has 3 N–H and O–H groups in total. The molecule has 1 aliphatic heterocycles. The van der Waals surface area contributed by atoms with Crippen LogP contribution in [0.2, 0.25) is 0 Å². The maximum absolute atomic E-state index is 8.93. The maximum atomic E-state index is 8.93. The zero-order chi connectivity index (χ0) is 13.0. The highest BCUT2D eigenvalue weighted by Crippen LogP contribution is 2.26. The number of benzene rings is 1. The van der Waals surface area contributed by atoms with Gasteiger partial charge in [0.1, 0.15) is 0 Å². The molecule has 1 aromatic rings. The first kappa shape index (κ1) is 13.8. The highest BCUT2D eigenvalue weighted by molar-refractivity contribution is 9.10. The Kier molecular flexibility index (Phi) is 5.03. The fourth-order valence-electron chi connectivity index (χ4n) is 2.69. The summed E-state index contributed by atoms with van der Waals surface area (Å²) in [6.45, 7) is 2.37. The Morgan fingerprint density at radius 3 is 3.00 bits per heavy atom. The fourth-order valence-corrected chi connectivity index (χ4v) is 3.06. The highest BCUT2D eigenvalue weighted by atomic mass is 79.9. The van der Waals surface area contributed by atoms with Crippen LogP contribution in [0.1, 0.15) is 31.2 Å². The normalized spacial score (nSPS) is 20.4. The number of anilines is 1. The van der Waals surface area contributed by atoms with E-state index in [1.165, 1.54) is 18.4 Å². The van der Waals surface area contributed by atoms with Crippen molar-refractivity contribution in [2.24, 2.45) is 0 Å². The molecule has 0 amide bonds. The summed E-state index contributed by atoms with van der Waals surface area (Å²) in [4.78, 5) is 2.50. The lowest BCUT2D eigenvalue weighted by molar-refractivity contribution is 0.210.